The third-order valence-electron chi connectivity index (χ3n) is 6.43. The van der Waals surface area contributed by atoms with Crippen LogP contribution in [0.2, 0.25) is 5.02 Å². The number of carboxylic acids is 1. The second-order valence-electron chi connectivity index (χ2n) is 10.8. The van der Waals surface area contributed by atoms with E-state index in [0.717, 1.165) is 24.8 Å². The zero-order valence-electron chi connectivity index (χ0n) is 20.5. The lowest BCUT2D eigenvalue weighted by Crippen LogP contribution is -2.26. The molecule has 1 saturated carbocycles. The number of aryl methyl sites for hydroxylation is 1. The van der Waals surface area contributed by atoms with Crippen molar-refractivity contribution in [2.24, 2.45) is 11.3 Å². The lowest BCUT2D eigenvalue weighted by Gasteiger charge is -2.38. The van der Waals surface area contributed by atoms with Gasteiger partial charge in [-0.3, -0.25) is 9.59 Å². The number of carbonyl (C=O) groups excluding carboxylic acids is 1. The van der Waals surface area contributed by atoms with E-state index in [1.807, 2.05) is 6.92 Å². The Morgan fingerprint density at radius 2 is 1.97 bits per heavy atom. The Bertz CT molecular complexity index is 1060. The highest BCUT2D eigenvalue weighted by Crippen LogP contribution is 2.50. The summed E-state index contributed by atoms with van der Waals surface area (Å²) in [5.74, 6) is -1.92. The van der Waals surface area contributed by atoms with Crippen molar-refractivity contribution in [3.8, 4) is 0 Å². The number of nitrogens with zero attached hydrogens (tertiary/aromatic N) is 1. The molecule has 0 aliphatic heterocycles. The number of benzene rings is 1. The van der Waals surface area contributed by atoms with E-state index in [2.05, 4.69) is 31.2 Å². The van der Waals surface area contributed by atoms with Crippen LogP contribution in [0.25, 0.3) is 0 Å². The number of alkyl halides is 2. The van der Waals surface area contributed by atoms with Crippen LogP contribution in [0.3, 0.4) is 0 Å². The Morgan fingerprint density at radius 1 is 1.29 bits per heavy atom. The number of amides is 1. The number of nitrogens with one attached hydrogen (secondary N) is 1. The van der Waals surface area contributed by atoms with Crippen LogP contribution in [-0.2, 0) is 9.59 Å². The summed E-state index contributed by atoms with van der Waals surface area (Å²) >= 11 is 6.19. The Kier molecular flexibility index (Phi) is 8.57. The molecule has 0 radical (unpaired) electrons. The van der Waals surface area contributed by atoms with Crippen LogP contribution < -0.4 is 5.32 Å². The molecule has 1 aliphatic rings. The average Bonchev–Trinajstić information content (AvgIpc) is 3.13. The van der Waals surface area contributed by atoms with Crippen molar-refractivity contribution in [1.29, 1.82) is 0 Å². The maximum atomic E-state index is 14.2. The molecule has 0 saturated heterocycles. The molecule has 6 nitrogen and oxygen atoms in total. The first-order chi connectivity index (χ1) is 16.3. The standard InChI is InChI=1S/C26H33ClF2N2O4/c1-14-5-7-19(18(27)9-14)30-20(32)12-16(6-8-21(33)34)23-22(25(28)29)24(35-31-23)17-10-15(11-17)13-26(2,3)4/h5,7,9,15-17,25H,6,8,10-13H2,1-4H3,(H,30,32)(H,33,34)/t15-,16-,17+/m1/s1. The number of anilines is 1. The van der Waals surface area contributed by atoms with Gasteiger partial charge in [0, 0.05) is 24.7 Å². The Balaban J connectivity index is 1.80. The number of aliphatic carboxylic acids is 1. The number of carboxylic acid groups (broad SMARTS) is 1. The molecular weight excluding hydrogens is 478 g/mol. The molecular formula is C26H33ClF2N2O4. The van der Waals surface area contributed by atoms with Gasteiger partial charge >= 0.3 is 5.97 Å². The number of hydrogen-bond acceptors (Lipinski definition) is 4. The van der Waals surface area contributed by atoms with E-state index in [9.17, 15) is 23.5 Å². The van der Waals surface area contributed by atoms with Gasteiger partial charge in [-0.25, -0.2) is 8.78 Å². The van der Waals surface area contributed by atoms with Crippen LogP contribution >= 0.6 is 11.6 Å². The summed E-state index contributed by atoms with van der Waals surface area (Å²) < 4.78 is 33.8. The van der Waals surface area contributed by atoms with Crippen LogP contribution in [0.5, 0.6) is 0 Å². The van der Waals surface area contributed by atoms with Gasteiger partial charge in [0.2, 0.25) is 5.91 Å². The minimum Gasteiger partial charge on any atom is -0.481 e. The average molecular weight is 511 g/mol. The predicted octanol–water partition coefficient (Wildman–Crippen LogP) is 7.48. The van der Waals surface area contributed by atoms with Crippen LogP contribution in [0.4, 0.5) is 14.5 Å². The molecule has 1 heterocycles. The number of aromatic nitrogens is 1. The highest BCUT2D eigenvalue weighted by atomic mass is 35.5. The summed E-state index contributed by atoms with van der Waals surface area (Å²) in [5.41, 5.74) is 1.16. The minimum atomic E-state index is -2.84. The number of hydrogen-bond donors (Lipinski definition) is 2. The largest absolute Gasteiger partial charge is 0.481 e. The van der Waals surface area contributed by atoms with E-state index in [1.165, 1.54) is 0 Å². The topological polar surface area (TPSA) is 92.4 Å². The molecule has 1 aromatic heterocycles. The van der Waals surface area contributed by atoms with Crippen molar-refractivity contribution < 1.29 is 28.0 Å². The smallest absolute Gasteiger partial charge is 0.303 e. The summed E-state index contributed by atoms with van der Waals surface area (Å²) in [6.07, 6.45) is -0.874. The molecule has 192 valence electrons. The molecule has 1 amide bonds. The highest BCUT2D eigenvalue weighted by molar-refractivity contribution is 6.33. The summed E-state index contributed by atoms with van der Waals surface area (Å²) in [6, 6.07) is 5.14. The lowest BCUT2D eigenvalue weighted by atomic mass is 9.67. The van der Waals surface area contributed by atoms with Crippen molar-refractivity contribution >= 4 is 29.2 Å². The second kappa shape index (κ2) is 11.1. The first kappa shape index (κ1) is 27.1. The minimum absolute atomic E-state index is 0.0204. The summed E-state index contributed by atoms with van der Waals surface area (Å²) in [4.78, 5) is 24.0. The highest BCUT2D eigenvalue weighted by Gasteiger charge is 2.40. The van der Waals surface area contributed by atoms with E-state index < -0.39 is 24.2 Å². The summed E-state index contributed by atoms with van der Waals surface area (Å²) in [6.45, 7) is 8.32. The molecule has 9 heteroatoms. The lowest BCUT2D eigenvalue weighted by molar-refractivity contribution is -0.137. The van der Waals surface area contributed by atoms with Crippen LogP contribution in [-0.4, -0.2) is 22.1 Å². The fourth-order valence-electron chi connectivity index (χ4n) is 4.89. The quantitative estimate of drug-likeness (QED) is 0.345. The van der Waals surface area contributed by atoms with Crippen molar-refractivity contribution in [1.82, 2.24) is 5.16 Å². The molecule has 1 atom stereocenters. The normalized spacial score (nSPS) is 18.9. The van der Waals surface area contributed by atoms with Crippen molar-refractivity contribution in [3.05, 3.63) is 45.8 Å². The van der Waals surface area contributed by atoms with Crippen molar-refractivity contribution in [2.45, 2.75) is 84.5 Å². The summed E-state index contributed by atoms with van der Waals surface area (Å²) in [5, 5.41) is 16.2. The SMILES string of the molecule is Cc1ccc(NC(=O)C[C@@H](CCC(=O)O)c2noc([C@H]3C[C@@H](CC(C)(C)C)C3)c2C(F)F)c(Cl)c1. The molecule has 0 bridgehead atoms. The van der Waals surface area contributed by atoms with Gasteiger partial charge in [-0.1, -0.05) is 43.6 Å². The molecule has 2 aromatic rings. The summed E-state index contributed by atoms with van der Waals surface area (Å²) in [7, 11) is 0. The van der Waals surface area contributed by atoms with Gasteiger partial charge in [-0.2, -0.15) is 0 Å². The Morgan fingerprint density at radius 3 is 2.54 bits per heavy atom. The monoisotopic (exact) mass is 510 g/mol. The van der Waals surface area contributed by atoms with E-state index in [4.69, 9.17) is 16.1 Å². The van der Waals surface area contributed by atoms with Crippen LogP contribution in [0.15, 0.2) is 22.7 Å². The van der Waals surface area contributed by atoms with Crippen LogP contribution in [0, 0.1) is 18.3 Å². The van der Waals surface area contributed by atoms with Crippen molar-refractivity contribution in [3.63, 3.8) is 0 Å². The first-order valence-corrected chi connectivity index (χ1v) is 12.3. The molecule has 1 aromatic carbocycles. The number of carbonyl (C=O) groups is 2. The first-order valence-electron chi connectivity index (χ1n) is 11.9. The molecule has 1 aliphatic carbocycles. The third kappa shape index (κ3) is 7.26. The van der Waals surface area contributed by atoms with Crippen LogP contribution in [0.1, 0.15) is 100 Å². The van der Waals surface area contributed by atoms with Gasteiger partial charge in [0.1, 0.15) is 5.76 Å². The van der Waals surface area contributed by atoms with Gasteiger partial charge in [-0.05, 0) is 61.6 Å². The van der Waals surface area contributed by atoms with Gasteiger partial charge in [0.15, 0.2) is 0 Å². The maximum Gasteiger partial charge on any atom is 0.303 e. The van der Waals surface area contributed by atoms with Gasteiger partial charge in [0.25, 0.3) is 6.43 Å². The van der Waals surface area contributed by atoms with E-state index >= 15 is 0 Å². The molecule has 3 rings (SSSR count). The predicted molar refractivity (Wildman–Crippen MR) is 130 cm³/mol. The van der Waals surface area contributed by atoms with Gasteiger partial charge in [-0.15, -0.1) is 0 Å². The molecule has 1 fully saturated rings. The van der Waals surface area contributed by atoms with E-state index in [1.54, 1.807) is 18.2 Å². The fourth-order valence-corrected chi connectivity index (χ4v) is 5.18. The van der Waals surface area contributed by atoms with Crippen molar-refractivity contribution in [2.75, 3.05) is 5.32 Å². The zero-order valence-corrected chi connectivity index (χ0v) is 21.3. The van der Waals surface area contributed by atoms with E-state index in [-0.39, 0.29) is 47.6 Å². The molecule has 35 heavy (non-hydrogen) atoms. The number of halogens is 3. The zero-order chi connectivity index (χ0) is 25.9. The fraction of sp³-hybridized carbons (Fsp3) is 0.577. The Labute approximate surface area is 209 Å². The Hall–Kier alpha value is -2.48. The molecule has 0 spiro atoms. The molecule has 2 N–H and O–H groups in total. The maximum absolute atomic E-state index is 14.2. The number of rotatable bonds is 10. The van der Waals surface area contributed by atoms with Gasteiger partial charge in [0.05, 0.1) is 22.0 Å². The third-order valence-corrected chi connectivity index (χ3v) is 6.75. The van der Waals surface area contributed by atoms with E-state index in [0.29, 0.717) is 16.6 Å². The van der Waals surface area contributed by atoms with Gasteiger partial charge < -0.3 is 14.9 Å². The molecule has 0 unspecified atom stereocenters. The second-order valence-corrected chi connectivity index (χ2v) is 11.2.